The number of hydrogen-bond acceptors (Lipinski definition) is 3. The van der Waals surface area contributed by atoms with Crippen molar-refractivity contribution in [2.24, 2.45) is 0 Å². The van der Waals surface area contributed by atoms with Gasteiger partial charge in [-0.3, -0.25) is 4.79 Å². The molecule has 0 bridgehead atoms. The molecular formula is C27H29NOS2. The van der Waals surface area contributed by atoms with Gasteiger partial charge in [-0.25, -0.2) is 0 Å². The van der Waals surface area contributed by atoms with E-state index in [1.807, 2.05) is 71.5 Å². The quantitative estimate of drug-likeness (QED) is 0.151. The molecule has 160 valence electrons. The van der Waals surface area contributed by atoms with E-state index >= 15 is 0 Å². The third kappa shape index (κ3) is 6.05. The van der Waals surface area contributed by atoms with Crippen LogP contribution in [0.15, 0.2) is 104 Å². The third-order valence-corrected chi connectivity index (χ3v) is 8.02. The molecule has 0 heterocycles. The zero-order chi connectivity index (χ0) is 21.9. The predicted molar refractivity (Wildman–Crippen MR) is 136 cm³/mol. The molecule has 3 aromatic rings. The van der Waals surface area contributed by atoms with Gasteiger partial charge in [0.2, 0.25) is 5.91 Å². The van der Waals surface area contributed by atoms with Crippen molar-refractivity contribution in [2.45, 2.75) is 30.6 Å². The summed E-state index contributed by atoms with van der Waals surface area (Å²) in [7, 11) is 3.60. The van der Waals surface area contributed by atoms with Gasteiger partial charge in [0.15, 0.2) is 0 Å². The largest absolute Gasteiger partial charge is 0.338 e. The van der Waals surface area contributed by atoms with E-state index in [0.717, 1.165) is 28.9 Å². The summed E-state index contributed by atoms with van der Waals surface area (Å²) in [6.07, 6.45) is 3.22. The number of hydrogen-bond donors (Lipinski definition) is 1. The Balaban J connectivity index is 1.93. The van der Waals surface area contributed by atoms with Crippen LogP contribution in [0.25, 0.3) is 0 Å². The lowest BCUT2D eigenvalue weighted by atomic mass is 9.77. The van der Waals surface area contributed by atoms with Crippen LogP contribution >= 0.6 is 21.6 Å². The fraction of sp³-hybridized carbons (Fsp3) is 0.222. The lowest BCUT2D eigenvalue weighted by Crippen LogP contribution is -2.47. The minimum absolute atomic E-state index is 0.0535. The molecule has 0 saturated heterocycles. The van der Waals surface area contributed by atoms with Gasteiger partial charge in [-0.05, 0) is 23.1 Å². The van der Waals surface area contributed by atoms with Crippen molar-refractivity contribution >= 4 is 27.5 Å². The summed E-state index contributed by atoms with van der Waals surface area (Å²) in [5.41, 5.74) is 2.40. The standard InChI is InChI=1S/C27H29NOS2/c1-3-21-30-31-22(2)19-20-26(29)28-27(23-13-7-4-8-14-23,24-15-9-5-10-16-24)25-17-11-6-12-18-25/h3-18,22H,1,19-21H2,2H3,(H,28,29). The summed E-state index contributed by atoms with van der Waals surface area (Å²) in [5.74, 6) is 0.970. The average molecular weight is 448 g/mol. The number of amides is 1. The maximum Gasteiger partial charge on any atom is 0.221 e. The van der Waals surface area contributed by atoms with E-state index in [1.165, 1.54) is 0 Å². The van der Waals surface area contributed by atoms with Crippen LogP contribution in [-0.4, -0.2) is 16.9 Å². The Hall–Kier alpha value is -2.43. The molecule has 3 rings (SSSR count). The van der Waals surface area contributed by atoms with Gasteiger partial charge in [0.05, 0.1) is 0 Å². The Bertz CT molecular complexity index is 848. The lowest BCUT2D eigenvalue weighted by Gasteiger charge is -2.37. The molecule has 0 aliphatic rings. The fourth-order valence-corrected chi connectivity index (χ4v) is 5.77. The average Bonchev–Trinajstić information content (AvgIpc) is 2.83. The maximum absolute atomic E-state index is 13.3. The van der Waals surface area contributed by atoms with Gasteiger partial charge < -0.3 is 5.32 Å². The second-order valence-electron chi connectivity index (χ2n) is 7.41. The molecule has 0 spiro atoms. The number of nitrogens with one attached hydrogen (secondary N) is 1. The molecule has 0 aliphatic heterocycles. The molecule has 4 heteroatoms. The second-order valence-corrected chi connectivity index (χ2v) is 10.3. The summed E-state index contributed by atoms with van der Waals surface area (Å²) >= 11 is 0. The summed E-state index contributed by atoms with van der Waals surface area (Å²) in [6.45, 7) is 5.93. The minimum atomic E-state index is -0.741. The molecule has 0 aliphatic carbocycles. The van der Waals surface area contributed by atoms with Crippen molar-refractivity contribution in [3.63, 3.8) is 0 Å². The van der Waals surface area contributed by atoms with Crippen molar-refractivity contribution in [1.29, 1.82) is 0 Å². The molecule has 1 N–H and O–H groups in total. The van der Waals surface area contributed by atoms with E-state index in [9.17, 15) is 4.79 Å². The van der Waals surface area contributed by atoms with Gasteiger partial charge >= 0.3 is 0 Å². The van der Waals surface area contributed by atoms with Gasteiger partial charge in [0.1, 0.15) is 5.54 Å². The van der Waals surface area contributed by atoms with Crippen LogP contribution in [0, 0.1) is 0 Å². The van der Waals surface area contributed by atoms with E-state index in [1.54, 1.807) is 10.8 Å². The molecule has 0 radical (unpaired) electrons. The zero-order valence-corrected chi connectivity index (χ0v) is 19.5. The second kappa shape index (κ2) is 11.8. The van der Waals surface area contributed by atoms with Crippen molar-refractivity contribution in [3.8, 4) is 0 Å². The first kappa shape index (κ1) is 23.2. The molecule has 1 unspecified atom stereocenters. The molecule has 0 fully saturated rings. The molecule has 31 heavy (non-hydrogen) atoms. The van der Waals surface area contributed by atoms with Gasteiger partial charge in [-0.2, -0.15) is 0 Å². The smallest absolute Gasteiger partial charge is 0.221 e. The van der Waals surface area contributed by atoms with Crippen LogP contribution in [0.2, 0.25) is 0 Å². The van der Waals surface area contributed by atoms with Crippen LogP contribution in [0.4, 0.5) is 0 Å². The monoisotopic (exact) mass is 447 g/mol. The van der Waals surface area contributed by atoms with E-state index in [0.29, 0.717) is 11.7 Å². The Morgan fingerprint density at radius 1 is 0.903 bits per heavy atom. The van der Waals surface area contributed by atoms with Crippen LogP contribution in [0.5, 0.6) is 0 Å². The number of rotatable bonds is 11. The highest BCUT2D eigenvalue weighted by Crippen LogP contribution is 2.37. The summed E-state index contributed by atoms with van der Waals surface area (Å²) in [6, 6.07) is 30.7. The minimum Gasteiger partial charge on any atom is -0.338 e. The Morgan fingerprint density at radius 2 is 1.35 bits per heavy atom. The Morgan fingerprint density at radius 3 is 1.77 bits per heavy atom. The van der Waals surface area contributed by atoms with Crippen LogP contribution in [0.3, 0.4) is 0 Å². The lowest BCUT2D eigenvalue weighted by molar-refractivity contribution is -0.122. The first-order chi connectivity index (χ1) is 15.2. The topological polar surface area (TPSA) is 29.1 Å². The fourth-order valence-electron chi connectivity index (χ4n) is 3.64. The van der Waals surface area contributed by atoms with Crippen molar-refractivity contribution in [2.75, 3.05) is 5.75 Å². The molecule has 0 aromatic heterocycles. The molecule has 3 aromatic carbocycles. The third-order valence-electron chi connectivity index (χ3n) is 5.14. The molecule has 1 atom stereocenters. The van der Waals surface area contributed by atoms with Gasteiger partial charge in [0.25, 0.3) is 0 Å². The Kier molecular flexibility index (Phi) is 8.86. The van der Waals surface area contributed by atoms with Crippen molar-refractivity contribution in [1.82, 2.24) is 5.32 Å². The van der Waals surface area contributed by atoms with Gasteiger partial charge in [-0.1, -0.05) is 126 Å². The predicted octanol–water partition coefficient (Wildman–Crippen LogP) is 6.83. The number of carbonyl (C=O) groups excluding carboxylic acids is 1. The van der Waals surface area contributed by atoms with E-state index in [-0.39, 0.29) is 5.91 Å². The summed E-state index contributed by atoms with van der Waals surface area (Å²) < 4.78 is 0. The Labute approximate surface area is 193 Å². The molecule has 1 amide bonds. The van der Waals surface area contributed by atoms with Crippen LogP contribution in [0.1, 0.15) is 36.5 Å². The highest BCUT2D eigenvalue weighted by atomic mass is 33.1. The molecular weight excluding hydrogens is 418 g/mol. The first-order valence-corrected chi connectivity index (χ1v) is 12.9. The normalized spacial score (nSPS) is 12.2. The molecule has 2 nitrogen and oxygen atoms in total. The maximum atomic E-state index is 13.3. The highest BCUT2D eigenvalue weighted by Gasteiger charge is 2.37. The van der Waals surface area contributed by atoms with Crippen LogP contribution < -0.4 is 5.32 Å². The van der Waals surface area contributed by atoms with Crippen LogP contribution in [-0.2, 0) is 10.3 Å². The van der Waals surface area contributed by atoms with Crippen molar-refractivity contribution in [3.05, 3.63) is 120 Å². The SMILES string of the molecule is C=CCSSC(C)CCC(=O)NC(c1ccccc1)(c1ccccc1)c1ccccc1. The highest BCUT2D eigenvalue weighted by molar-refractivity contribution is 8.77. The number of benzene rings is 3. The van der Waals surface area contributed by atoms with Gasteiger partial charge in [-0.15, -0.1) is 6.58 Å². The van der Waals surface area contributed by atoms with E-state index in [4.69, 9.17) is 0 Å². The summed E-state index contributed by atoms with van der Waals surface area (Å²) in [5, 5.41) is 3.83. The first-order valence-electron chi connectivity index (χ1n) is 10.5. The summed E-state index contributed by atoms with van der Waals surface area (Å²) in [4.78, 5) is 13.3. The van der Waals surface area contributed by atoms with Crippen molar-refractivity contribution < 1.29 is 4.79 Å². The van der Waals surface area contributed by atoms with E-state index < -0.39 is 5.54 Å². The number of carbonyl (C=O) groups is 1. The van der Waals surface area contributed by atoms with E-state index in [2.05, 4.69) is 55.2 Å². The molecule has 0 saturated carbocycles. The van der Waals surface area contributed by atoms with Gasteiger partial charge in [0, 0.05) is 17.4 Å². The zero-order valence-electron chi connectivity index (χ0n) is 17.9.